The number of aliphatic hydroxyl groups excluding tert-OH is 1. The molecule has 5 heteroatoms. The van der Waals surface area contributed by atoms with Crippen molar-refractivity contribution in [2.45, 2.75) is 44.8 Å². The lowest BCUT2D eigenvalue weighted by atomic mass is 10.1. The number of carbonyl (C=O) groups is 1. The highest BCUT2D eigenvalue weighted by Crippen LogP contribution is 2.44. The van der Waals surface area contributed by atoms with Crippen molar-refractivity contribution < 1.29 is 14.6 Å². The van der Waals surface area contributed by atoms with E-state index in [9.17, 15) is 4.79 Å². The summed E-state index contributed by atoms with van der Waals surface area (Å²) in [6, 6.07) is 0. The first-order chi connectivity index (χ1) is 8.36. The number of nitrogens with zero attached hydrogens (tertiary/aromatic N) is 2. The minimum atomic E-state index is -0.434. The Hall–Kier alpha value is -0.810. The fourth-order valence-electron chi connectivity index (χ4n) is 2.58. The molecule has 0 aromatic rings. The Balaban J connectivity index is 1.93. The van der Waals surface area contributed by atoms with E-state index in [0.29, 0.717) is 13.1 Å². The van der Waals surface area contributed by atoms with Crippen LogP contribution < -0.4 is 0 Å². The molecular weight excluding hydrogens is 232 g/mol. The van der Waals surface area contributed by atoms with Crippen LogP contribution in [-0.4, -0.2) is 64.9 Å². The molecule has 1 aliphatic heterocycles. The lowest BCUT2D eigenvalue weighted by Gasteiger charge is -2.42. The summed E-state index contributed by atoms with van der Waals surface area (Å²) in [4.78, 5) is 16.2. The van der Waals surface area contributed by atoms with Gasteiger partial charge in [0.1, 0.15) is 5.60 Å². The lowest BCUT2D eigenvalue weighted by Crippen LogP contribution is -2.57. The molecule has 104 valence electrons. The van der Waals surface area contributed by atoms with E-state index in [0.717, 1.165) is 25.9 Å². The third-order valence-electron chi connectivity index (χ3n) is 3.64. The van der Waals surface area contributed by atoms with Gasteiger partial charge in [0.2, 0.25) is 0 Å². The van der Waals surface area contributed by atoms with Gasteiger partial charge in [-0.3, -0.25) is 4.90 Å². The summed E-state index contributed by atoms with van der Waals surface area (Å²) in [7, 11) is 0. The molecule has 2 rings (SSSR count). The van der Waals surface area contributed by atoms with Gasteiger partial charge < -0.3 is 14.7 Å². The van der Waals surface area contributed by atoms with E-state index in [4.69, 9.17) is 9.84 Å². The molecule has 1 N–H and O–H groups in total. The maximum atomic E-state index is 12.0. The van der Waals surface area contributed by atoms with Crippen LogP contribution >= 0.6 is 0 Å². The van der Waals surface area contributed by atoms with Gasteiger partial charge in [0.25, 0.3) is 0 Å². The summed E-state index contributed by atoms with van der Waals surface area (Å²) < 4.78 is 5.41. The average molecular weight is 256 g/mol. The Kier molecular flexibility index (Phi) is 3.56. The second kappa shape index (κ2) is 4.70. The van der Waals surface area contributed by atoms with Gasteiger partial charge in [-0.2, -0.15) is 0 Å². The summed E-state index contributed by atoms with van der Waals surface area (Å²) >= 11 is 0. The molecule has 1 heterocycles. The molecule has 5 nitrogen and oxygen atoms in total. The standard InChI is InChI=1S/C13H24N2O3/c1-12(2,3)18-11(17)14-6-7-15(8-9-16)13(10-14)4-5-13/h16H,4-10H2,1-3H3. The SMILES string of the molecule is CC(C)(C)OC(=O)N1CCN(CCO)C2(CC2)C1. The largest absolute Gasteiger partial charge is 0.444 e. The first kappa shape index (κ1) is 13.6. The van der Waals surface area contributed by atoms with Crippen LogP contribution in [0.3, 0.4) is 0 Å². The molecule has 0 atom stereocenters. The van der Waals surface area contributed by atoms with Crippen molar-refractivity contribution >= 4 is 6.09 Å². The summed E-state index contributed by atoms with van der Waals surface area (Å²) in [5.41, 5.74) is -0.312. The van der Waals surface area contributed by atoms with E-state index in [2.05, 4.69) is 4.90 Å². The van der Waals surface area contributed by atoms with Crippen LogP contribution in [0.1, 0.15) is 33.6 Å². The Morgan fingerprint density at radius 2 is 2.00 bits per heavy atom. The zero-order valence-electron chi connectivity index (χ0n) is 11.6. The molecule has 1 saturated heterocycles. The van der Waals surface area contributed by atoms with E-state index in [1.165, 1.54) is 0 Å². The van der Waals surface area contributed by atoms with Crippen molar-refractivity contribution in [1.82, 2.24) is 9.80 Å². The van der Waals surface area contributed by atoms with Crippen LogP contribution in [0.4, 0.5) is 4.79 Å². The zero-order chi connectivity index (χ0) is 13.4. The first-order valence-corrected chi connectivity index (χ1v) is 6.70. The number of rotatable bonds is 2. The van der Waals surface area contributed by atoms with E-state index in [-0.39, 0.29) is 18.2 Å². The number of carbonyl (C=O) groups excluding carboxylic acids is 1. The number of hydrogen-bond acceptors (Lipinski definition) is 4. The topological polar surface area (TPSA) is 53.0 Å². The van der Waals surface area contributed by atoms with Crippen molar-refractivity contribution in [3.8, 4) is 0 Å². The molecule has 2 aliphatic rings. The van der Waals surface area contributed by atoms with Crippen LogP contribution in [0.25, 0.3) is 0 Å². The summed E-state index contributed by atoms with van der Waals surface area (Å²) in [5.74, 6) is 0. The molecule has 1 spiro atoms. The monoisotopic (exact) mass is 256 g/mol. The fraction of sp³-hybridized carbons (Fsp3) is 0.923. The Labute approximate surface area is 109 Å². The van der Waals surface area contributed by atoms with Gasteiger partial charge in [0.15, 0.2) is 0 Å². The van der Waals surface area contributed by atoms with Gasteiger partial charge in [-0.25, -0.2) is 4.79 Å². The number of piperazine rings is 1. The molecule has 1 aliphatic carbocycles. The normalized spacial score (nSPS) is 23.2. The predicted molar refractivity (Wildman–Crippen MR) is 68.4 cm³/mol. The van der Waals surface area contributed by atoms with Gasteiger partial charge in [-0.1, -0.05) is 0 Å². The first-order valence-electron chi connectivity index (χ1n) is 6.70. The molecule has 0 aromatic heterocycles. The molecule has 18 heavy (non-hydrogen) atoms. The van der Waals surface area contributed by atoms with E-state index in [1.54, 1.807) is 0 Å². The Bertz CT molecular complexity index is 321. The molecule has 1 saturated carbocycles. The van der Waals surface area contributed by atoms with Crippen molar-refractivity contribution in [3.05, 3.63) is 0 Å². The van der Waals surface area contributed by atoms with Crippen LogP contribution in [-0.2, 0) is 4.74 Å². The summed E-state index contributed by atoms with van der Waals surface area (Å²) in [6.45, 7) is 8.83. The highest BCUT2D eigenvalue weighted by atomic mass is 16.6. The molecule has 0 bridgehead atoms. The number of hydrogen-bond donors (Lipinski definition) is 1. The van der Waals surface area contributed by atoms with Crippen molar-refractivity contribution in [2.75, 3.05) is 32.8 Å². The second-order valence-corrected chi connectivity index (χ2v) is 6.34. The van der Waals surface area contributed by atoms with E-state index < -0.39 is 5.60 Å². The summed E-state index contributed by atoms with van der Waals surface area (Å²) in [6.07, 6.45) is 2.02. The number of amides is 1. The molecule has 1 amide bonds. The zero-order valence-corrected chi connectivity index (χ0v) is 11.6. The van der Waals surface area contributed by atoms with Crippen molar-refractivity contribution in [1.29, 1.82) is 0 Å². The van der Waals surface area contributed by atoms with Gasteiger partial charge in [0, 0.05) is 31.7 Å². The highest BCUT2D eigenvalue weighted by Gasteiger charge is 2.52. The lowest BCUT2D eigenvalue weighted by molar-refractivity contribution is -0.00333. The van der Waals surface area contributed by atoms with Crippen LogP contribution in [0.15, 0.2) is 0 Å². The van der Waals surface area contributed by atoms with Gasteiger partial charge in [-0.05, 0) is 33.6 Å². The number of aliphatic hydroxyl groups is 1. The molecule has 0 radical (unpaired) electrons. The molecule has 0 unspecified atom stereocenters. The third-order valence-corrected chi connectivity index (χ3v) is 3.64. The minimum Gasteiger partial charge on any atom is -0.444 e. The second-order valence-electron chi connectivity index (χ2n) is 6.34. The number of β-amino-alcohol motifs (C(OH)–C–C–N with tert-alkyl or cyclic N) is 1. The minimum absolute atomic E-state index is 0.123. The van der Waals surface area contributed by atoms with Crippen LogP contribution in [0, 0.1) is 0 Å². The molecular formula is C13H24N2O3. The maximum absolute atomic E-state index is 12.0. The van der Waals surface area contributed by atoms with E-state index >= 15 is 0 Å². The average Bonchev–Trinajstić information content (AvgIpc) is 3.00. The predicted octanol–water partition coefficient (Wildman–Crippen LogP) is 1.06. The van der Waals surface area contributed by atoms with E-state index in [1.807, 2.05) is 25.7 Å². The smallest absolute Gasteiger partial charge is 0.410 e. The highest BCUT2D eigenvalue weighted by molar-refractivity contribution is 5.68. The van der Waals surface area contributed by atoms with Gasteiger partial charge in [0.05, 0.1) is 6.61 Å². The maximum Gasteiger partial charge on any atom is 0.410 e. The van der Waals surface area contributed by atoms with Crippen LogP contribution in [0.2, 0.25) is 0 Å². The summed E-state index contributed by atoms with van der Waals surface area (Å²) in [5, 5.41) is 9.06. The quantitative estimate of drug-likeness (QED) is 0.803. The van der Waals surface area contributed by atoms with Gasteiger partial charge in [-0.15, -0.1) is 0 Å². The molecule has 2 fully saturated rings. The number of ether oxygens (including phenoxy) is 1. The Morgan fingerprint density at radius 1 is 1.33 bits per heavy atom. The van der Waals surface area contributed by atoms with Crippen molar-refractivity contribution in [3.63, 3.8) is 0 Å². The molecule has 0 aromatic carbocycles. The van der Waals surface area contributed by atoms with Crippen LogP contribution in [0.5, 0.6) is 0 Å². The third kappa shape index (κ3) is 2.95. The Morgan fingerprint density at radius 3 is 2.50 bits per heavy atom. The van der Waals surface area contributed by atoms with Gasteiger partial charge >= 0.3 is 6.09 Å². The fourth-order valence-corrected chi connectivity index (χ4v) is 2.58. The van der Waals surface area contributed by atoms with Crippen molar-refractivity contribution in [2.24, 2.45) is 0 Å².